The topological polar surface area (TPSA) is 83.1 Å². The van der Waals surface area contributed by atoms with E-state index in [0.29, 0.717) is 19.2 Å². The van der Waals surface area contributed by atoms with E-state index in [9.17, 15) is 18.4 Å². The third-order valence-electron chi connectivity index (χ3n) is 3.55. The molecule has 2 amide bonds. The van der Waals surface area contributed by atoms with Gasteiger partial charge in [-0.05, 0) is 24.3 Å². The minimum Gasteiger partial charge on any atom is -0.360 e. The average Bonchev–Trinajstić information content (AvgIpc) is 3.05. The maximum absolute atomic E-state index is 13.1. The fourth-order valence-corrected chi connectivity index (χ4v) is 3.22. The van der Waals surface area contributed by atoms with Crippen molar-refractivity contribution in [3.8, 4) is 0 Å². The summed E-state index contributed by atoms with van der Waals surface area (Å²) in [5.41, 5.74) is 0.725. The lowest BCUT2D eigenvalue weighted by atomic mass is 10.2. The van der Waals surface area contributed by atoms with Gasteiger partial charge >= 0.3 is 0 Å². The van der Waals surface area contributed by atoms with Gasteiger partial charge in [-0.2, -0.15) is 0 Å². The molecule has 3 aromatic rings. The quantitative estimate of drug-likeness (QED) is 0.542. The number of rotatable bonds is 7. The van der Waals surface area contributed by atoms with Gasteiger partial charge in [-0.3, -0.25) is 9.59 Å². The molecule has 0 aliphatic heterocycles. The lowest BCUT2D eigenvalue weighted by Crippen LogP contribution is -2.38. The van der Waals surface area contributed by atoms with Crippen LogP contribution in [0.25, 0.3) is 10.2 Å². The van der Waals surface area contributed by atoms with Crippen LogP contribution in [0.5, 0.6) is 0 Å². The van der Waals surface area contributed by atoms with Crippen molar-refractivity contribution in [2.24, 2.45) is 0 Å². The molecule has 0 atom stereocenters. The molecule has 6 nitrogen and oxygen atoms in total. The minimum atomic E-state index is -0.856. The van der Waals surface area contributed by atoms with Crippen LogP contribution in [0.15, 0.2) is 42.5 Å². The van der Waals surface area contributed by atoms with Crippen molar-refractivity contribution >= 4 is 38.5 Å². The Labute approximate surface area is 157 Å². The molecule has 1 heterocycles. The van der Waals surface area contributed by atoms with Crippen molar-refractivity contribution in [2.75, 3.05) is 25.0 Å². The standard InChI is InChI=1S/C18H16F2N4O2S/c19-12-7-11(8-13(20)9-12)17(26)23-10-16(25)21-5-6-22-18-24-14-3-1-2-4-15(14)27-18/h1-4,7-9H,5-6,10H2,(H,21,25)(H,22,24)(H,23,26). The van der Waals surface area contributed by atoms with Crippen LogP contribution in [0.3, 0.4) is 0 Å². The highest BCUT2D eigenvalue weighted by atomic mass is 32.1. The Hall–Kier alpha value is -3.07. The lowest BCUT2D eigenvalue weighted by molar-refractivity contribution is -0.120. The van der Waals surface area contributed by atoms with Crippen molar-refractivity contribution in [3.05, 3.63) is 59.7 Å². The van der Waals surface area contributed by atoms with Crippen LogP contribution in [-0.4, -0.2) is 36.4 Å². The van der Waals surface area contributed by atoms with Gasteiger partial charge in [0.1, 0.15) is 11.6 Å². The number of thiazole rings is 1. The van der Waals surface area contributed by atoms with Crippen LogP contribution < -0.4 is 16.0 Å². The van der Waals surface area contributed by atoms with Crippen LogP contribution in [0.2, 0.25) is 0 Å². The van der Waals surface area contributed by atoms with Crippen LogP contribution in [0.4, 0.5) is 13.9 Å². The van der Waals surface area contributed by atoms with Crippen LogP contribution in [-0.2, 0) is 4.79 Å². The molecule has 0 aliphatic rings. The molecule has 0 spiro atoms. The number of hydrogen-bond donors (Lipinski definition) is 3. The second kappa shape index (κ2) is 8.54. The second-order valence-electron chi connectivity index (χ2n) is 5.60. The second-order valence-corrected chi connectivity index (χ2v) is 6.63. The number of carbonyl (C=O) groups excluding carboxylic acids is 2. The molecular weight excluding hydrogens is 374 g/mol. The van der Waals surface area contributed by atoms with Crippen molar-refractivity contribution < 1.29 is 18.4 Å². The lowest BCUT2D eigenvalue weighted by Gasteiger charge is -2.07. The minimum absolute atomic E-state index is 0.183. The first kappa shape index (κ1) is 18.7. The Morgan fingerprint density at radius 1 is 1.00 bits per heavy atom. The predicted molar refractivity (Wildman–Crippen MR) is 99.8 cm³/mol. The van der Waals surface area contributed by atoms with E-state index in [0.717, 1.165) is 27.5 Å². The number of fused-ring (bicyclic) bond motifs is 1. The average molecular weight is 390 g/mol. The van der Waals surface area contributed by atoms with Gasteiger partial charge in [-0.25, -0.2) is 13.8 Å². The number of benzene rings is 2. The first-order valence-corrected chi connectivity index (χ1v) is 8.93. The molecule has 9 heteroatoms. The maximum atomic E-state index is 13.1. The van der Waals surface area contributed by atoms with E-state index in [1.807, 2.05) is 24.3 Å². The Bertz CT molecular complexity index is 924. The highest BCUT2D eigenvalue weighted by Gasteiger charge is 2.10. The van der Waals surface area contributed by atoms with Gasteiger partial charge in [-0.15, -0.1) is 0 Å². The summed E-state index contributed by atoms with van der Waals surface area (Å²) >= 11 is 1.52. The van der Waals surface area contributed by atoms with Gasteiger partial charge in [0.2, 0.25) is 5.91 Å². The van der Waals surface area contributed by atoms with Crippen molar-refractivity contribution in [1.29, 1.82) is 0 Å². The van der Waals surface area contributed by atoms with E-state index >= 15 is 0 Å². The third-order valence-corrected chi connectivity index (χ3v) is 4.55. The number of aromatic nitrogens is 1. The molecule has 27 heavy (non-hydrogen) atoms. The summed E-state index contributed by atoms with van der Waals surface area (Å²) in [7, 11) is 0. The molecule has 140 valence electrons. The van der Waals surface area contributed by atoms with Gasteiger partial charge in [0.05, 0.1) is 16.8 Å². The number of carbonyl (C=O) groups is 2. The molecule has 0 unspecified atom stereocenters. The Balaban J connectivity index is 1.38. The number of halogens is 2. The van der Waals surface area contributed by atoms with Gasteiger partial charge in [0.25, 0.3) is 5.91 Å². The zero-order chi connectivity index (χ0) is 19.2. The molecule has 0 radical (unpaired) electrons. The highest BCUT2D eigenvalue weighted by Crippen LogP contribution is 2.24. The smallest absolute Gasteiger partial charge is 0.251 e. The highest BCUT2D eigenvalue weighted by molar-refractivity contribution is 7.22. The molecule has 1 aromatic heterocycles. The first-order chi connectivity index (χ1) is 13.0. The predicted octanol–water partition coefficient (Wildman–Crippen LogP) is 2.53. The fourth-order valence-electron chi connectivity index (χ4n) is 2.33. The fraction of sp³-hybridized carbons (Fsp3) is 0.167. The van der Waals surface area contributed by atoms with Gasteiger partial charge in [0.15, 0.2) is 5.13 Å². The largest absolute Gasteiger partial charge is 0.360 e. The molecule has 0 bridgehead atoms. The maximum Gasteiger partial charge on any atom is 0.251 e. The van der Waals surface area contributed by atoms with Crippen molar-refractivity contribution in [3.63, 3.8) is 0 Å². The molecule has 0 saturated heterocycles. The van der Waals surface area contributed by atoms with E-state index < -0.39 is 23.4 Å². The van der Waals surface area contributed by atoms with Crippen LogP contribution >= 0.6 is 11.3 Å². The number of hydrogen-bond acceptors (Lipinski definition) is 5. The van der Waals surface area contributed by atoms with E-state index in [-0.39, 0.29) is 12.1 Å². The normalized spacial score (nSPS) is 10.6. The molecule has 2 aromatic carbocycles. The molecule has 0 aliphatic carbocycles. The summed E-state index contributed by atoms with van der Waals surface area (Å²) in [6.45, 7) is 0.506. The molecule has 0 saturated carbocycles. The molecule has 3 rings (SSSR count). The van der Waals surface area contributed by atoms with E-state index in [4.69, 9.17) is 0 Å². The summed E-state index contributed by atoms with van der Waals surface area (Å²) in [5.74, 6) is -2.85. The zero-order valence-corrected chi connectivity index (χ0v) is 14.9. The van der Waals surface area contributed by atoms with E-state index in [1.165, 1.54) is 11.3 Å². The summed E-state index contributed by atoms with van der Waals surface area (Å²) in [6.07, 6.45) is 0. The van der Waals surface area contributed by atoms with Crippen molar-refractivity contribution in [1.82, 2.24) is 15.6 Å². The number of anilines is 1. The number of amides is 2. The van der Waals surface area contributed by atoms with Crippen LogP contribution in [0, 0.1) is 11.6 Å². The summed E-state index contributed by atoms with van der Waals surface area (Å²) < 4.78 is 27.3. The number of para-hydroxylation sites is 1. The monoisotopic (exact) mass is 390 g/mol. The number of nitrogens with one attached hydrogen (secondary N) is 3. The SMILES string of the molecule is O=C(CNC(=O)c1cc(F)cc(F)c1)NCCNc1nc2ccccc2s1. The van der Waals surface area contributed by atoms with Gasteiger partial charge in [-0.1, -0.05) is 23.5 Å². The summed E-state index contributed by atoms with van der Waals surface area (Å²) in [4.78, 5) is 28.0. The zero-order valence-electron chi connectivity index (χ0n) is 14.1. The summed E-state index contributed by atoms with van der Waals surface area (Å²) in [5, 5.41) is 8.81. The summed E-state index contributed by atoms with van der Waals surface area (Å²) in [6, 6.07) is 10.2. The van der Waals surface area contributed by atoms with E-state index in [2.05, 4.69) is 20.9 Å². The third kappa shape index (κ3) is 5.20. The van der Waals surface area contributed by atoms with E-state index in [1.54, 1.807) is 0 Å². The molecule has 0 fully saturated rings. The van der Waals surface area contributed by atoms with Crippen LogP contribution in [0.1, 0.15) is 10.4 Å². The first-order valence-electron chi connectivity index (χ1n) is 8.12. The molecule has 3 N–H and O–H groups in total. The molecular formula is C18H16F2N4O2S. The number of nitrogens with zero attached hydrogens (tertiary/aromatic N) is 1. The Kier molecular flexibility index (Phi) is 5.92. The Morgan fingerprint density at radius 2 is 1.74 bits per heavy atom. The van der Waals surface area contributed by atoms with Gasteiger partial charge < -0.3 is 16.0 Å². The Morgan fingerprint density at radius 3 is 2.48 bits per heavy atom. The van der Waals surface area contributed by atoms with Gasteiger partial charge in [0, 0.05) is 24.7 Å². The van der Waals surface area contributed by atoms with Crippen molar-refractivity contribution in [2.45, 2.75) is 0 Å².